The standard InChI is InChI=1S/C21H22O3.C2H6/c1-16-8-3-6-11-20(16)24-14-17-9-4-5-10-18(17)19(15-22-2)21-12-7-13-23-21;1-2/h3-11,13,15,21H,12,14H2,1-2H3;1-2H3/b19-15+;. The van der Waals surface area contributed by atoms with Gasteiger partial charge in [-0.15, -0.1) is 0 Å². The third kappa shape index (κ3) is 4.92. The summed E-state index contributed by atoms with van der Waals surface area (Å²) in [6.07, 6.45) is 6.39. The number of rotatable bonds is 6. The molecule has 0 amide bonds. The van der Waals surface area contributed by atoms with Crippen molar-refractivity contribution < 1.29 is 14.2 Å². The molecule has 0 fully saturated rings. The molecular weight excluding hydrogens is 324 g/mol. The lowest BCUT2D eigenvalue weighted by atomic mass is 9.95. The highest BCUT2D eigenvalue weighted by Gasteiger charge is 2.21. The third-order valence-corrected chi connectivity index (χ3v) is 4.09. The van der Waals surface area contributed by atoms with Crippen molar-refractivity contribution >= 4 is 5.57 Å². The first-order valence-corrected chi connectivity index (χ1v) is 9.09. The number of benzene rings is 2. The predicted molar refractivity (Wildman–Crippen MR) is 107 cm³/mol. The van der Waals surface area contributed by atoms with Gasteiger partial charge in [0.15, 0.2) is 0 Å². The van der Waals surface area contributed by atoms with Crippen LogP contribution in [0.3, 0.4) is 0 Å². The molecule has 1 atom stereocenters. The van der Waals surface area contributed by atoms with Gasteiger partial charge in [0.05, 0.1) is 19.6 Å². The summed E-state index contributed by atoms with van der Waals surface area (Å²) in [7, 11) is 1.66. The van der Waals surface area contributed by atoms with Crippen molar-refractivity contribution in [3.63, 3.8) is 0 Å². The number of methoxy groups -OCH3 is 1. The van der Waals surface area contributed by atoms with Gasteiger partial charge in [-0.1, -0.05) is 56.3 Å². The molecule has 1 heterocycles. The van der Waals surface area contributed by atoms with Crippen molar-refractivity contribution in [3.05, 3.63) is 83.8 Å². The average molecular weight is 352 g/mol. The van der Waals surface area contributed by atoms with Gasteiger partial charge in [-0.3, -0.25) is 0 Å². The van der Waals surface area contributed by atoms with Gasteiger partial charge in [0.1, 0.15) is 18.5 Å². The Morgan fingerprint density at radius 3 is 2.54 bits per heavy atom. The lowest BCUT2D eigenvalue weighted by Gasteiger charge is -2.19. The number of aryl methyl sites for hydroxylation is 1. The van der Waals surface area contributed by atoms with E-state index in [1.165, 1.54) is 0 Å². The van der Waals surface area contributed by atoms with E-state index in [0.717, 1.165) is 34.4 Å². The maximum atomic E-state index is 6.03. The Morgan fingerprint density at radius 1 is 1.12 bits per heavy atom. The van der Waals surface area contributed by atoms with E-state index in [1.807, 2.05) is 50.3 Å². The minimum absolute atomic E-state index is 0.00967. The summed E-state index contributed by atoms with van der Waals surface area (Å²) in [5.74, 6) is 0.906. The largest absolute Gasteiger partial charge is 0.504 e. The van der Waals surface area contributed by atoms with Crippen LogP contribution in [0.2, 0.25) is 0 Å². The zero-order chi connectivity index (χ0) is 18.8. The second kappa shape index (κ2) is 10.3. The quantitative estimate of drug-likeness (QED) is 0.607. The van der Waals surface area contributed by atoms with E-state index in [2.05, 4.69) is 25.1 Å². The predicted octanol–water partition coefficient (Wildman–Crippen LogP) is 5.89. The smallest absolute Gasteiger partial charge is 0.130 e. The normalized spacial score (nSPS) is 15.7. The van der Waals surface area contributed by atoms with Crippen molar-refractivity contribution in [1.82, 2.24) is 0 Å². The van der Waals surface area contributed by atoms with Crippen LogP contribution in [0.1, 0.15) is 37.0 Å². The Bertz CT molecular complexity index is 739. The van der Waals surface area contributed by atoms with Gasteiger partial charge >= 0.3 is 0 Å². The maximum absolute atomic E-state index is 6.03. The van der Waals surface area contributed by atoms with Crippen LogP contribution in [-0.4, -0.2) is 13.2 Å². The molecule has 0 aliphatic carbocycles. The fourth-order valence-corrected chi connectivity index (χ4v) is 2.83. The highest BCUT2D eigenvalue weighted by Crippen LogP contribution is 2.30. The second-order valence-electron chi connectivity index (χ2n) is 5.75. The van der Waals surface area contributed by atoms with Crippen LogP contribution < -0.4 is 4.74 Å². The van der Waals surface area contributed by atoms with Crippen molar-refractivity contribution in [1.29, 1.82) is 0 Å². The van der Waals surface area contributed by atoms with Crippen molar-refractivity contribution in [3.8, 4) is 5.75 Å². The number of para-hydroxylation sites is 1. The Hall–Kier alpha value is -2.68. The molecule has 138 valence electrons. The van der Waals surface area contributed by atoms with E-state index >= 15 is 0 Å². The molecule has 2 aromatic rings. The SMILES string of the molecule is CC.CO/C=C(\c1ccccc1COc1ccccc1C)C1CC=CO1. The monoisotopic (exact) mass is 352 g/mol. The number of hydrogen-bond donors (Lipinski definition) is 0. The summed E-state index contributed by atoms with van der Waals surface area (Å²) in [5, 5.41) is 0. The zero-order valence-electron chi connectivity index (χ0n) is 16.1. The van der Waals surface area contributed by atoms with Gasteiger partial charge in [-0.2, -0.15) is 0 Å². The zero-order valence-corrected chi connectivity index (χ0v) is 16.1. The van der Waals surface area contributed by atoms with E-state index in [9.17, 15) is 0 Å². The molecule has 0 N–H and O–H groups in total. The molecule has 3 rings (SSSR count). The highest BCUT2D eigenvalue weighted by atomic mass is 16.5. The third-order valence-electron chi connectivity index (χ3n) is 4.09. The molecule has 0 aromatic heterocycles. The Morgan fingerprint density at radius 2 is 1.85 bits per heavy atom. The van der Waals surface area contributed by atoms with Crippen LogP contribution in [-0.2, 0) is 16.1 Å². The van der Waals surface area contributed by atoms with Crippen LogP contribution in [0.15, 0.2) is 67.1 Å². The van der Waals surface area contributed by atoms with Crippen molar-refractivity contribution in [2.24, 2.45) is 0 Å². The highest BCUT2D eigenvalue weighted by molar-refractivity contribution is 5.71. The maximum Gasteiger partial charge on any atom is 0.130 e. The van der Waals surface area contributed by atoms with Crippen molar-refractivity contribution in [2.45, 2.75) is 39.9 Å². The summed E-state index contributed by atoms with van der Waals surface area (Å²) in [5.41, 5.74) is 4.37. The van der Waals surface area contributed by atoms with Gasteiger partial charge < -0.3 is 14.2 Å². The summed E-state index contributed by atoms with van der Waals surface area (Å²) in [6.45, 7) is 6.55. The average Bonchev–Trinajstić information content (AvgIpc) is 3.22. The summed E-state index contributed by atoms with van der Waals surface area (Å²) >= 11 is 0. The van der Waals surface area contributed by atoms with E-state index in [-0.39, 0.29) is 6.10 Å². The molecule has 0 bridgehead atoms. The molecule has 3 heteroatoms. The minimum atomic E-state index is -0.00967. The summed E-state index contributed by atoms with van der Waals surface area (Å²) in [4.78, 5) is 0. The first-order chi connectivity index (χ1) is 12.8. The molecule has 26 heavy (non-hydrogen) atoms. The van der Waals surface area contributed by atoms with E-state index in [0.29, 0.717) is 6.61 Å². The molecule has 1 aliphatic heterocycles. The van der Waals surface area contributed by atoms with E-state index in [4.69, 9.17) is 14.2 Å². The molecule has 0 saturated carbocycles. The van der Waals surface area contributed by atoms with E-state index < -0.39 is 0 Å². The Kier molecular flexibility index (Phi) is 7.81. The van der Waals surface area contributed by atoms with Crippen molar-refractivity contribution in [2.75, 3.05) is 7.11 Å². The van der Waals surface area contributed by atoms with Crippen LogP contribution in [0.4, 0.5) is 0 Å². The van der Waals surface area contributed by atoms with Gasteiger partial charge in [0, 0.05) is 12.0 Å². The van der Waals surface area contributed by atoms with Gasteiger partial charge in [-0.05, 0) is 35.8 Å². The lowest BCUT2D eigenvalue weighted by molar-refractivity contribution is 0.218. The van der Waals surface area contributed by atoms with Crippen LogP contribution >= 0.6 is 0 Å². The Balaban J connectivity index is 0.00000117. The van der Waals surface area contributed by atoms with Gasteiger partial charge in [-0.25, -0.2) is 0 Å². The van der Waals surface area contributed by atoms with Crippen LogP contribution in [0.5, 0.6) is 5.75 Å². The summed E-state index contributed by atoms with van der Waals surface area (Å²) < 4.78 is 17.0. The van der Waals surface area contributed by atoms with Crippen LogP contribution in [0, 0.1) is 6.92 Å². The number of ether oxygens (including phenoxy) is 3. The topological polar surface area (TPSA) is 27.7 Å². The number of hydrogen-bond acceptors (Lipinski definition) is 3. The molecule has 0 spiro atoms. The minimum Gasteiger partial charge on any atom is -0.504 e. The molecule has 3 nitrogen and oxygen atoms in total. The molecule has 1 aliphatic rings. The molecule has 1 unspecified atom stereocenters. The molecule has 0 saturated heterocycles. The van der Waals surface area contributed by atoms with Gasteiger partial charge in [0.2, 0.25) is 0 Å². The molecule has 2 aromatic carbocycles. The fourth-order valence-electron chi connectivity index (χ4n) is 2.83. The van der Waals surface area contributed by atoms with Crippen LogP contribution in [0.25, 0.3) is 5.57 Å². The Labute approximate surface area is 156 Å². The summed E-state index contributed by atoms with van der Waals surface area (Å²) in [6, 6.07) is 16.3. The first kappa shape index (κ1) is 19.6. The molecular formula is C23H28O3. The first-order valence-electron chi connectivity index (χ1n) is 9.09. The fraction of sp³-hybridized carbons (Fsp3) is 0.304. The van der Waals surface area contributed by atoms with E-state index in [1.54, 1.807) is 19.6 Å². The lowest BCUT2D eigenvalue weighted by Crippen LogP contribution is -2.11. The van der Waals surface area contributed by atoms with Gasteiger partial charge in [0.25, 0.3) is 0 Å². The molecule has 0 radical (unpaired) electrons. The second-order valence-corrected chi connectivity index (χ2v) is 5.75.